The molecule has 4 nitrogen and oxygen atoms in total. The molecular formula is C29H26F3NO3S2. The summed E-state index contributed by atoms with van der Waals surface area (Å²) in [6.07, 6.45) is -4.37. The molecule has 4 aromatic rings. The van der Waals surface area contributed by atoms with Gasteiger partial charge in [0.15, 0.2) is 6.61 Å². The molecule has 0 bridgehead atoms. The summed E-state index contributed by atoms with van der Waals surface area (Å²) in [7, 11) is 2.01. The van der Waals surface area contributed by atoms with Crippen molar-refractivity contribution in [3.63, 3.8) is 0 Å². The Morgan fingerprint density at radius 3 is 2.37 bits per heavy atom. The second kappa shape index (κ2) is 12.0. The average molecular weight is 558 g/mol. The van der Waals surface area contributed by atoms with E-state index in [-0.39, 0.29) is 0 Å². The van der Waals surface area contributed by atoms with Gasteiger partial charge in [-0.05, 0) is 72.1 Å². The molecular weight excluding hydrogens is 531 g/mol. The number of anilines is 1. The fourth-order valence-electron chi connectivity index (χ4n) is 3.88. The van der Waals surface area contributed by atoms with Crippen LogP contribution < -0.4 is 9.64 Å². The molecule has 0 aliphatic carbocycles. The average Bonchev–Trinajstić information content (AvgIpc) is 3.29. The largest absolute Gasteiger partial charge is 0.482 e. The van der Waals surface area contributed by atoms with E-state index in [0.29, 0.717) is 18.0 Å². The van der Waals surface area contributed by atoms with E-state index in [1.54, 1.807) is 29.2 Å². The smallest absolute Gasteiger partial charge is 0.416 e. The lowest BCUT2D eigenvalue weighted by Crippen LogP contribution is -2.16. The predicted molar refractivity (Wildman–Crippen MR) is 147 cm³/mol. The van der Waals surface area contributed by atoms with Crippen LogP contribution in [-0.2, 0) is 23.3 Å². The molecule has 0 aliphatic rings. The number of ether oxygens (including phenoxy) is 1. The first-order chi connectivity index (χ1) is 18.1. The minimum Gasteiger partial charge on any atom is -0.482 e. The fraction of sp³-hybridized carbons (Fsp3) is 0.207. The van der Waals surface area contributed by atoms with Crippen LogP contribution in [0.2, 0.25) is 0 Å². The van der Waals surface area contributed by atoms with E-state index in [2.05, 4.69) is 11.0 Å². The number of alkyl halides is 3. The highest BCUT2D eigenvalue weighted by atomic mass is 32.2. The van der Waals surface area contributed by atoms with Crippen molar-refractivity contribution < 1.29 is 27.8 Å². The number of aryl methyl sites for hydroxylation is 1. The summed E-state index contributed by atoms with van der Waals surface area (Å²) in [5.41, 5.74) is 3.11. The number of carboxylic acids is 1. The normalized spacial score (nSPS) is 11.4. The number of nitrogens with zero attached hydrogens (tertiary/aromatic N) is 1. The quantitative estimate of drug-likeness (QED) is 0.200. The number of benzene rings is 3. The maximum Gasteiger partial charge on any atom is 0.416 e. The fourth-order valence-corrected chi connectivity index (χ4v) is 6.17. The third-order valence-corrected chi connectivity index (χ3v) is 8.29. The molecule has 0 saturated heterocycles. The number of hydrogen-bond acceptors (Lipinski definition) is 5. The molecule has 1 N–H and O–H groups in total. The number of carboxylic acid groups (broad SMARTS) is 1. The molecule has 0 saturated carbocycles. The van der Waals surface area contributed by atoms with Crippen LogP contribution in [0.15, 0.2) is 83.8 Å². The summed E-state index contributed by atoms with van der Waals surface area (Å²) < 4.78 is 44.5. The first-order valence-electron chi connectivity index (χ1n) is 11.7. The Bertz CT molecular complexity index is 1390. The van der Waals surface area contributed by atoms with Crippen molar-refractivity contribution in [2.24, 2.45) is 0 Å². The van der Waals surface area contributed by atoms with Gasteiger partial charge < -0.3 is 14.7 Å². The first kappa shape index (κ1) is 27.6. The van der Waals surface area contributed by atoms with Gasteiger partial charge in [0.2, 0.25) is 0 Å². The lowest BCUT2D eigenvalue weighted by molar-refractivity contribution is -0.139. The Kier molecular flexibility index (Phi) is 8.69. The highest BCUT2D eigenvalue weighted by molar-refractivity contribution is 7.98. The molecule has 38 heavy (non-hydrogen) atoms. The van der Waals surface area contributed by atoms with Gasteiger partial charge in [0, 0.05) is 39.7 Å². The van der Waals surface area contributed by atoms with E-state index in [1.807, 2.05) is 56.4 Å². The Morgan fingerprint density at radius 1 is 1.03 bits per heavy atom. The van der Waals surface area contributed by atoms with Gasteiger partial charge in [-0.25, -0.2) is 4.79 Å². The van der Waals surface area contributed by atoms with Crippen molar-refractivity contribution in [3.8, 4) is 16.2 Å². The number of aliphatic carboxylic acids is 1. The minimum absolute atomic E-state index is 0.395. The van der Waals surface area contributed by atoms with Gasteiger partial charge in [-0.15, -0.1) is 23.1 Å². The Balaban J connectivity index is 1.57. The van der Waals surface area contributed by atoms with Gasteiger partial charge in [-0.1, -0.05) is 30.3 Å². The van der Waals surface area contributed by atoms with E-state index in [0.717, 1.165) is 49.2 Å². The van der Waals surface area contributed by atoms with E-state index >= 15 is 0 Å². The molecule has 0 amide bonds. The highest BCUT2D eigenvalue weighted by Crippen LogP contribution is 2.38. The number of thiophene rings is 1. The van der Waals surface area contributed by atoms with Gasteiger partial charge in [-0.3, -0.25) is 0 Å². The number of carbonyl (C=O) groups is 1. The van der Waals surface area contributed by atoms with E-state index in [1.165, 1.54) is 12.1 Å². The molecule has 0 aliphatic heterocycles. The molecule has 0 spiro atoms. The number of thioether (sulfide) groups is 1. The number of rotatable bonds is 10. The second-order valence-electron chi connectivity index (χ2n) is 8.72. The molecule has 198 valence electrons. The molecule has 0 unspecified atom stereocenters. The summed E-state index contributed by atoms with van der Waals surface area (Å²) in [4.78, 5) is 16.0. The molecule has 1 aromatic heterocycles. The Labute approximate surface area is 227 Å². The second-order valence-corrected chi connectivity index (χ2v) is 10.9. The zero-order valence-electron chi connectivity index (χ0n) is 20.8. The van der Waals surface area contributed by atoms with Crippen LogP contribution in [-0.4, -0.2) is 24.7 Å². The van der Waals surface area contributed by atoms with Crippen molar-refractivity contribution in [1.82, 2.24) is 0 Å². The van der Waals surface area contributed by atoms with Crippen LogP contribution in [0, 0.1) is 6.92 Å². The Hall–Kier alpha value is -3.43. The molecule has 3 aromatic carbocycles. The molecule has 0 radical (unpaired) electrons. The molecule has 0 atom stereocenters. The van der Waals surface area contributed by atoms with Crippen LogP contribution in [0.25, 0.3) is 10.4 Å². The zero-order valence-corrected chi connectivity index (χ0v) is 22.4. The van der Waals surface area contributed by atoms with E-state index < -0.39 is 24.3 Å². The predicted octanol–water partition coefficient (Wildman–Crippen LogP) is 8.13. The third-order valence-electron chi connectivity index (χ3n) is 5.87. The molecule has 1 heterocycles. The monoisotopic (exact) mass is 557 g/mol. The van der Waals surface area contributed by atoms with Crippen LogP contribution >= 0.6 is 23.1 Å². The zero-order chi connectivity index (χ0) is 27.3. The van der Waals surface area contributed by atoms with Crippen molar-refractivity contribution in [3.05, 3.63) is 100 Å². The van der Waals surface area contributed by atoms with Gasteiger partial charge in [0.1, 0.15) is 5.75 Å². The van der Waals surface area contributed by atoms with Crippen LogP contribution in [0.4, 0.5) is 18.9 Å². The van der Waals surface area contributed by atoms with Crippen molar-refractivity contribution in [2.75, 3.05) is 18.6 Å². The standard InChI is InChI=1S/C29H26F3NO3S2/c1-19-14-24(12-13-25(19)36-17-28(34)35)37-18-27-21(16-33(2)23-6-4-3-5-7-23)15-26(38-27)20-8-10-22(11-9-20)29(30,31)32/h3-15H,16-18H2,1-2H3,(H,34,35). The number of hydrogen-bond donors (Lipinski definition) is 1. The highest BCUT2D eigenvalue weighted by Gasteiger charge is 2.30. The molecule has 0 fully saturated rings. The van der Waals surface area contributed by atoms with Crippen LogP contribution in [0.1, 0.15) is 21.6 Å². The van der Waals surface area contributed by atoms with Gasteiger partial charge in [-0.2, -0.15) is 13.2 Å². The summed E-state index contributed by atoms with van der Waals surface area (Å²) in [5.74, 6) is 0.179. The minimum atomic E-state index is -4.37. The molecule has 4 rings (SSSR count). The van der Waals surface area contributed by atoms with E-state index in [4.69, 9.17) is 9.84 Å². The van der Waals surface area contributed by atoms with Gasteiger partial charge in [0.25, 0.3) is 0 Å². The SMILES string of the molecule is Cc1cc(SCc2sc(-c3ccc(C(F)(F)F)cc3)cc2CN(C)c2ccccc2)ccc1OCC(=O)O. The summed E-state index contributed by atoms with van der Waals surface area (Å²) in [6.45, 7) is 2.13. The topological polar surface area (TPSA) is 49.8 Å². The summed E-state index contributed by atoms with van der Waals surface area (Å²) >= 11 is 3.23. The van der Waals surface area contributed by atoms with Crippen molar-refractivity contribution in [1.29, 1.82) is 0 Å². The maximum absolute atomic E-state index is 13.0. The van der Waals surface area contributed by atoms with Crippen molar-refractivity contribution >= 4 is 34.8 Å². The van der Waals surface area contributed by atoms with E-state index in [9.17, 15) is 18.0 Å². The van der Waals surface area contributed by atoms with Crippen molar-refractivity contribution in [2.45, 2.75) is 30.3 Å². The number of halogens is 3. The third kappa shape index (κ3) is 7.11. The molecule has 9 heteroatoms. The Morgan fingerprint density at radius 2 is 1.74 bits per heavy atom. The lowest BCUT2D eigenvalue weighted by Gasteiger charge is -2.19. The maximum atomic E-state index is 13.0. The van der Waals surface area contributed by atoms with Crippen LogP contribution in [0.3, 0.4) is 0 Å². The van der Waals surface area contributed by atoms with Gasteiger partial charge in [0.05, 0.1) is 5.56 Å². The summed E-state index contributed by atoms with van der Waals surface area (Å²) in [5, 5.41) is 8.84. The lowest BCUT2D eigenvalue weighted by atomic mass is 10.1. The first-order valence-corrected chi connectivity index (χ1v) is 13.5. The van der Waals surface area contributed by atoms with Crippen LogP contribution in [0.5, 0.6) is 5.75 Å². The summed E-state index contributed by atoms with van der Waals surface area (Å²) in [6, 6.07) is 23.0. The van der Waals surface area contributed by atoms with Gasteiger partial charge >= 0.3 is 12.1 Å². The number of para-hydroxylation sites is 1.